The second kappa shape index (κ2) is 4.65. The highest BCUT2D eigenvalue weighted by Gasteiger charge is 2.50. The van der Waals surface area contributed by atoms with Crippen LogP contribution in [0.3, 0.4) is 0 Å². The molecular weight excluding hydrogens is 242 g/mol. The zero-order valence-corrected chi connectivity index (χ0v) is 13.0. The van der Waals surface area contributed by atoms with Gasteiger partial charge in [0, 0.05) is 0 Å². The highest BCUT2D eigenvalue weighted by molar-refractivity contribution is 5.69. The molecule has 1 amide bonds. The second-order valence-electron chi connectivity index (χ2n) is 7.37. The second-order valence-corrected chi connectivity index (χ2v) is 7.37. The molecule has 1 heterocycles. The Morgan fingerprint density at radius 3 is 2.42 bits per heavy atom. The van der Waals surface area contributed by atoms with Crippen LogP contribution in [0.2, 0.25) is 0 Å². The quantitative estimate of drug-likeness (QED) is 0.771. The van der Waals surface area contributed by atoms with Gasteiger partial charge in [0.2, 0.25) is 0 Å². The Morgan fingerprint density at radius 1 is 1.37 bits per heavy atom. The van der Waals surface area contributed by atoms with Crippen molar-refractivity contribution >= 4 is 6.09 Å². The van der Waals surface area contributed by atoms with Crippen molar-refractivity contribution in [2.24, 2.45) is 11.8 Å². The van der Waals surface area contributed by atoms with Crippen LogP contribution >= 0.6 is 0 Å². The van der Waals surface area contributed by atoms with Crippen molar-refractivity contribution < 1.29 is 14.3 Å². The Hall–Kier alpha value is -0.770. The predicted molar refractivity (Wildman–Crippen MR) is 73.8 cm³/mol. The lowest BCUT2D eigenvalue weighted by Crippen LogP contribution is -2.51. The number of hydrogen-bond donors (Lipinski definition) is 0. The summed E-state index contributed by atoms with van der Waals surface area (Å²) in [6, 6.07) is 0.136. The average Bonchev–Trinajstić information content (AvgIpc) is 2.99. The Kier molecular flexibility index (Phi) is 3.58. The zero-order chi connectivity index (χ0) is 14.4. The van der Waals surface area contributed by atoms with E-state index in [0.717, 1.165) is 5.92 Å². The van der Waals surface area contributed by atoms with Crippen LogP contribution in [0.4, 0.5) is 4.79 Å². The average molecular weight is 269 g/mol. The van der Waals surface area contributed by atoms with Gasteiger partial charge in [0.05, 0.1) is 12.6 Å². The van der Waals surface area contributed by atoms with Gasteiger partial charge in [-0.3, -0.25) is 4.90 Å². The molecular formula is C15H27NO3. The Labute approximate surface area is 116 Å². The van der Waals surface area contributed by atoms with Gasteiger partial charge in [-0.2, -0.15) is 0 Å². The highest BCUT2D eigenvalue weighted by atomic mass is 16.6. The standard InChI is InChI=1S/C15H27NO3/c1-10(11-7-8-11)12-9-18-15(5,6)16(12)13(17)19-14(2,3)4/h10-12H,7-9H2,1-6H3/t10?,12-/m1/s1. The third-order valence-corrected chi connectivity index (χ3v) is 4.08. The molecule has 110 valence electrons. The minimum atomic E-state index is -0.573. The first-order chi connectivity index (χ1) is 8.62. The van der Waals surface area contributed by atoms with Gasteiger partial charge in [-0.15, -0.1) is 0 Å². The fraction of sp³-hybridized carbons (Fsp3) is 0.933. The monoisotopic (exact) mass is 269 g/mol. The third-order valence-electron chi connectivity index (χ3n) is 4.08. The van der Waals surface area contributed by atoms with Crippen molar-refractivity contribution in [2.75, 3.05) is 6.61 Å². The van der Waals surface area contributed by atoms with Gasteiger partial charge in [0.1, 0.15) is 11.3 Å². The number of carbonyl (C=O) groups is 1. The summed E-state index contributed by atoms with van der Waals surface area (Å²) in [6.07, 6.45) is 2.30. The van der Waals surface area contributed by atoms with E-state index >= 15 is 0 Å². The number of carbonyl (C=O) groups excluding carboxylic acids is 1. The van der Waals surface area contributed by atoms with Gasteiger partial charge in [-0.1, -0.05) is 6.92 Å². The van der Waals surface area contributed by atoms with Gasteiger partial charge in [-0.05, 0) is 59.3 Å². The van der Waals surface area contributed by atoms with E-state index in [4.69, 9.17) is 9.47 Å². The van der Waals surface area contributed by atoms with E-state index in [1.54, 1.807) is 4.90 Å². The molecule has 0 aromatic carbocycles. The summed E-state index contributed by atoms with van der Waals surface area (Å²) >= 11 is 0. The molecule has 2 atom stereocenters. The van der Waals surface area contributed by atoms with Crippen LogP contribution in [0.1, 0.15) is 54.4 Å². The van der Waals surface area contributed by atoms with Crippen molar-refractivity contribution in [1.82, 2.24) is 4.90 Å². The summed E-state index contributed by atoms with van der Waals surface area (Å²) < 4.78 is 11.4. The molecule has 19 heavy (non-hydrogen) atoms. The third kappa shape index (κ3) is 3.22. The van der Waals surface area contributed by atoms with Crippen LogP contribution in [-0.4, -0.2) is 35.0 Å². The van der Waals surface area contributed by atoms with Crippen molar-refractivity contribution in [3.05, 3.63) is 0 Å². The maximum atomic E-state index is 12.5. The number of amides is 1. The first-order valence-corrected chi connectivity index (χ1v) is 7.28. The molecule has 1 saturated carbocycles. The zero-order valence-electron chi connectivity index (χ0n) is 13.0. The van der Waals surface area contributed by atoms with Crippen LogP contribution < -0.4 is 0 Å². The summed E-state index contributed by atoms with van der Waals surface area (Å²) in [5.41, 5.74) is -1.04. The lowest BCUT2D eigenvalue weighted by atomic mass is 9.96. The minimum Gasteiger partial charge on any atom is -0.444 e. The molecule has 2 fully saturated rings. The summed E-state index contributed by atoms with van der Waals surface area (Å²) in [5.74, 6) is 1.22. The van der Waals surface area contributed by atoms with Crippen molar-refractivity contribution in [2.45, 2.75) is 71.8 Å². The maximum absolute atomic E-state index is 12.5. The molecule has 0 N–H and O–H groups in total. The Bertz CT molecular complexity index is 355. The molecule has 0 radical (unpaired) electrons. The lowest BCUT2D eigenvalue weighted by Gasteiger charge is -2.37. The van der Waals surface area contributed by atoms with Crippen LogP contribution in [0.5, 0.6) is 0 Å². The molecule has 0 spiro atoms. The van der Waals surface area contributed by atoms with Gasteiger partial charge in [0.15, 0.2) is 0 Å². The molecule has 4 nitrogen and oxygen atoms in total. The molecule has 1 unspecified atom stereocenters. The fourth-order valence-corrected chi connectivity index (χ4v) is 2.82. The Morgan fingerprint density at radius 2 is 1.95 bits per heavy atom. The van der Waals surface area contributed by atoms with Crippen molar-refractivity contribution in [3.8, 4) is 0 Å². The number of ether oxygens (including phenoxy) is 2. The summed E-state index contributed by atoms with van der Waals surface area (Å²) in [5, 5.41) is 0. The summed E-state index contributed by atoms with van der Waals surface area (Å²) in [4.78, 5) is 14.3. The number of rotatable bonds is 2. The molecule has 1 aliphatic heterocycles. The van der Waals surface area contributed by atoms with Gasteiger partial charge in [-0.25, -0.2) is 4.79 Å². The van der Waals surface area contributed by atoms with Crippen molar-refractivity contribution in [3.63, 3.8) is 0 Å². The van der Waals surface area contributed by atoms with Gasteiger partial charge >= 0.3 is 6.09 Å². The molecule has 0 aromatic heterocycles. The molecule has 2 aliphatic rings. The van der Waals surface area contributed by atoms with E-state index in [1.165, 1.54) is 12.8 Å². The van der Waals surface area contributed by atoms with E-state index in [-0.39, 0.29) is 12.1 Å². The summed E-state index contributed by atoms with van der Waals surface area (Å²) in [6.45, 7) is 12.4. The highest BCUT2D eigenvalue weighted by Crippen LogP contribution is 2.43. The first kappa shape index (κ1) is 14.6. The Balaban J connectivity index is 2.13. The first-order valence-electron chi connectivity index (χ1n) is 7.28. The van der Waals surface area contributed by atoms with Crippen molar-refractivity contribution in [1.29, 1.82) is 0 Å². The predicted octanol–water partition coefficient (Wildman–Crippen LogP) is 3.40. The van der Waals surface area contributed by atoms with Crippen LogP contribution in [-0.2, 0) is 9.47 Å². The van der Waals surface area contributed by atoms with Gasteiger partial charge < -0.3 is 9.47 Å². The van der Waals surface area contributed by atoms with Gasteiger partial charge in [0.25, 0.3) is 0 Å². The SMILES string of the molecule is CC(C1CC1)[C@H]1COC(C)(C)N1C(=O)OC(C)(C)C. The normalized spacial score (nSPS) is 28.3. The van der Waals surface area contributed by atoms with Crippen LogP contribution in [0.15, 0.2) is 0 Å². The van der Waals surface area contributed by atoms with Crippen LogP contribution in [0, 0.1) is 11.8 Å². The number of nitrogens with zero attached hydrogens (tertiary/aromatic N) is 1. The van der Waals surface area contributed by atoms with E-state index in [9.17, 15) is 4.79 Å². The van der Waals surface area contributed by atoms with E-state index in [0.29, 0.717) is 12.5 Å². The molecule has 4 heteroatoms. The van der Waals surface area contributed by atoms with E-state index in [1.807, 2.05) is 34.6 Å². The largest absolute Gasteiger partial charge is 0.444 e. The topological polar surface area (TPSA) is 38.8 Å². The smallest absolute Gasteiger partial charge is 0.412 e. The number of hydrogen-bond acceptors (Lipinski definition) is 3. The molecule has 2 rings (SSSR count). The minimum absolute atomic E-state index is 0.136. The molecule has 1 saturated heterocycles. The molecule has 0 bridgehead atoms. The maximum Gasteiger partial charge on any atom is 0.412 e. The van der Waals surface area contributed by atoms with E-state index in [2.05, 4.69) is 6.92 Å². The molecule has 1 aliphatic carbocycles. The molecule has 0 aromatic rings. The lowest BCUT2D eigenvalue weighted by molar-refractivity contribution is -0.0645. The van der Waals surface area contributed by atoms with Crippen LogP contribution in [0.25, 0.3) is 0 Å². The fourth-order valence-electron chi connectivity index (χ4n) is 2.82. The van der Waals surface area contributed by atoms with E-state index < -0.39 is 11.3 Å². The summed E-state index contributed by atoms with van der Waals surface area (Å²) in [7, 11) is 0.